The maximum atomic E-state index is 5.96. The minimum Gasteiger partial charge on any atom is -0.497 e. The molecule has 0 radical (unpaired) electrons. The van der Waals surface area contributed by atoms with Crippen LogP contribution in [0.4, 0.5) is 0 Å². The molecule has 4 heteroatoms. The van der Waals surface area contributed by atoms with E-state index in [9.17, 15) is 0 Å². The van der Waals surface area contributed by atoms with E-state index in [0.29, 0.717) is 0 Å². The Morgan fingerprint density at radius 1 is 1.16 bits per heavy atom. The fraction of sp³-hybridized carbons (Fsp3) is 0.200. The Morgan fingerprint density at radius 3 is 2.42 bits per heavy atom. The van der Waals surface area contributed by atoms with Crippen molar-refractivity contribution in [3.05, 3.63) is 63.1 Å². The fourth-order valence-corrected chi connectivity index (χ4v) is 3.87. The summed E-state index contributed by atoms with van der Waals surface area (Å²) in [6.45, 7) is 0. The highest BCUT2D eigenvalue weighted by atomic mass is 79.9. The number of benzene rings is 2. The second kappa shape index (κ2) is 6.78. The molecule has 0 saturated heterocycles. The first-order chi connectivity index (χ1) is 9.10. The van der Waals surface area contributed by atoms with E-state index in [4.69, 9.17) is 16.3 Å². The van der Waals surface area contributed by atoms with Crippen LogP contribution < -0.4 is 4.74 Å². The van der Waals surface area contributed by atoms with Crippen molar-refractivity contribution in [1.29, 1.82) is 0 Å². The van der Waals surface area contributed by atoms with E-state index in [-0.39, 0.29) is 4.83 Å². The van der Waals surface area contributed by atoms with E-state index >= 15 is 0 Å². The third-order valence-corrected chi connectivity index (χ3v) is 4.61. The molecule has 2 rings (SSSR count). The molecule has 0 aromatic heterocycles. The summed E-state index contributed by atoms with van der Waals surface area (Å²) in [5.41, 5.74) is 2.45. The van der Waals surface area contributed by atoms with Gasteiger partial charge >= 0.3 is 0 Å². The van der Waals surface area contributed by atoms with Crippen molar-refractivity contribution in [3.63, 3.8) is 0 Å². The molecule has 0 saturated carbocycles. The van der Waals surface area contributed by atoms with Gasteiger partial charge in [-0.05, 0) is 41.8 Å². The van der Waals surface area contributed by atoms with Gasteiger partial charge in [-0.1, -0.05) is 61.7 Å². The highest BCUT2D eigenvalue weighted by Gasteiger charge is 2.12. The molecule has 1 atom stereocenters. The van der Waals surface area contributed by atoms with Gasteiger partial charge in [-0.3, -0.25) is 0 Å². The van der Waals surface area contributed by atoms with E-state index < -0.39 is 0 Å². The smallest absolute Gasteiger partial charge is 0.118 e. The van der Waals surface area contributed by atoms with Crippen molar-refractivity contribution in [2.24, 2.45) is 0 Å². The minimum absolute atomic E-state index is 0.243. The van der Waals surface area contributed by atoms with Gasteiger partial charge in [-0.25, -0.2) is 0 Å². The van der Waals surface area contributed by atoms with E-state index in [0.717, 1.165) is 21.7 Å². The second-order valence-electron chi connectivity index (χ2n) is 4.19. The van der Waals surface area contributed by atoms with Crippen LogP contribution in [0.1, 0.15) is 16.0 Å². The average molecular weight is 405 g/mol. The van der Waals surface area contributed by atoms with Crippen LogP contribution in [0.3, 0.4) is 0 Å². The number of rotatable bonds is 4. The molecule has 0 N–H and O–H groups in total. The summed E-state index contributed by atoms with van der Waals surface area (Å²) in [7, 11) is 1.67. The Morgan fingerprint density at radius 2 is 1.84 bits per heavy atom. The van der Waals surface area contributed by atoms with Crippen molar-refractivity contribution in [1.82, 2.24) is 0 Å². The highest BCUT2D eigenvalue weighted by molar-refractivity contribution is 9.11. The number of methoxy groups -OCH3 is 1. The van der Waals surface area contributed by atoms with E-state index in [2.05, 4.69) is 44.0 Å². The summed E-state index contributed by atoms with van der Waals surface area (Å²) < 4.78 is 6.18. The first-order valence-electron chi connectivity index (χ1n) is 5.82. The summed E-state index contributed by atoms with van der Waals surface area (Å²) >= 11 is 13.2. The van der Waals surface area contributed by atoms with E-state index in [1.54, 1.807) is 7.11 Å². The number of ether oxygens (including phenoxy) is 1. The lowest BCUT2D eigenvalue weighted by Crippen LogP contribution is -1.96. The van der Waals surface area contributed by atoms with Crippen molar-refractivity contribution in [2.45, 2.75) is 11.2 Å². The molecule has 19 heavy (non-hydrogen) atoms. The first kappa shape index (κ1) is 14.9. The second-order valence-corrected chi connectivity index (χ2v) is 6.58. The molecule has 0 aliphatic heterocycles. The number of hydrogen-bond acceptors (Lipinski definition) is 1. The topological polar surface area (TPSA) is 9.23 Å². The lowest BCUT2D eigenvalue weighted by atomic mass is 10.0. The van der Waals surface area contributed by atoms with Gasteiger partial charge in [0.05, 0.1) is 7.11 Å². The predicted molar refractivity (Wildman–Crippen MR) is 87.5 cm³/mol. The molecule has 0 amide bonds. The van der Waals surface area contributed by atoms with Crippen LogP contribution >= 0.6 is 43.5 Å². The van der Waals surface area contributed by atoms with Crippen molar-refractivity contribution in [3.8, 4) is 5.75 Å². The van der Waals surface area contributed by atoms with Crippen LogP contribution in [0.2, 0.25) is 5.02 Å². The van der Waals surface area contributed by atoms with Crippen molar-refractivity contribution >= 4 is 43.5 Å². The van der Waals surface area contributed by atoms with Gasteiger partial charge in [0.1, 0.15) is 5.75 Å². The third-order valence-electron chi connectivity index (χ3n) is 2.87. The van der Waals surface area contributed by atoms with Crippen molar-refractivity contribution < 1.29 is 4.74 Å². The molecule has 2 aromatic carbocycles. The molecular weight excluding hydrogens is 391 g/mol. The Hall–Kier alpha value is -0.510. The van der Waals surface area contributed by atoms with Gasteiger partial charge in [-0.15, -0.1) is 0 Å². The zero-order chi connectivity index (χ0) is 13.8. The van der Waals surface area contributed by atoms with Gasteiger partial charge < -0.3 is 4.74 Å². The highest BCUT2D eigenvalue weighted by Crippen LogP contribution is 2.34. The molecule has 0 aliphatic carbocycles. The fourth-order valence-electron chi connectivity index (χ4n) is 1.83. The summed E-state index contributed by atoms with van der Waals surface area (Å²) in [5.74, 6) is 0.877. The Balaban J connectivity index is 2.13. The molecule has 0 bridgehead atoms. The number of alkyl halides is 1. The lowest BCUT2D eigenvalue weighted by Gasteiger charge is -2.13. The number of hydrogen-bond donors (Lipinski definition) is 0. The van der Waals surface area contributed by atoms with Crippen LogP contribution in [0.15, 0.2) is 46.9 Å². The summed E-state index contributed by atoms with van der Waals surface area (Å²) in [4.78, 5) is 0.243. The largest absolute Gasteiger partial charge is 0.497 e. The monoisotopic (exact) mass is 402 g/mol. The molecule has 0 heterocycles. The summed E-state index contributed by atoms with van der Waals surface area (Å²) in [5, 5.41) is 0.736. The third kappa shape index (κ3) is 3.98. The first-order valence-corrected chi connectivity index (χ1v) is 7.91. The molecule has 1 unspecified atom stereocenters. The van der Waals surface area contributed by atoms with Crippen LogP contribution in [-0.4, -0.2) is 7.11 Å². The zero-order valence-electron chi connectivity index (χ0n) is 10.4. The van der Waals surface area contributed by atoms with Crippen molar-refractivity contribution in [2.75, 3.05) is 7.11 Å². The van der Waals surface area contributed by atoms with Gasteiger partial charge in [-0.2, -0.15) is 0 Å². The summed E-state index contributed by atoms with van der Waals surface area (Å²) in [6.07, 6.45) is 0.907. The maximum Gasteiger partial charge on any atom is 0.118 e. The molecule has 0 aliphatic rings. The Labute approximate surface area is 135 Å². The minimum atomic E-state index is 0.243. The van der Waals surface area contributed by atoms with Crippen LogP contribution in [0, 0.1) is 0 Å². The summed E-state index contributed by atoms with van der Waals surface area (Å²) in [6, 6.07) is 14.0. The molecule has 1 nitrogen and oxygen atoms in total. The van der Waals surface area contributed by atoms with Gasteiger partial charge in [0.2, 0.25) is 0 Å². The van der Waals surface area contributed by atoms with Gasteiger partial charge in [0.15, 0.2) is 0 Å². The average Bonchev–Trinajstić information content (AvgIpc) is 2.39. The van der Waals surface area contributed by atoms with E-state index in [1.807, 2.05) is 30.3 Å². The zero-order valence-corrected chi connectivity index (χ0v) is 14.3. The molecule has 0 fully saturated rings. The lowest BCUT2D eigenvalue weighted by molar-refractivity contribution is 0.414. The quantitative estimate of drug-likeness (QED) is 0.586. The van der Waals surface area contributed by atoms with Crippen LogP contribution in [0.5, 0.6) is 5.75 Å². The SMILES string of the molecule is COc1ccc(CC(Br)c2ccc(Cl)cc2Br)cc1. The molecule has 100 valence electrons. The van der Waals surface area contributed by atoms with Crippen LogP contribution in [-0.2, 0) is 6.42 Å². The molecule has 0 spiro atoms. The molecule has 2 aromatic rings. The predicted octanol–water partition coefficient (Wildman–Crippen LogP) is 5.79. The van der Waals surface area contributed by atoms with Gasteiger partial charge in [0.25, 0.3) is 0 Å². The number of halogens is 3. The Bertz CT molecular complexity index is 555. The molecular formula is C15H13Br2ClO. The normalized spacial score (nSPS) is 12.2. The maximum absolute atomic E-state index is 5.96. The van der Waals surface area contributed by atoms with E-state index in [1.165, 1.54) is 11.1 Å². The standard InChI is InChI=1S/C15H13Br2ClO/c1-19-12-5-2-10(3-6-12)8-14(16)13-7-4-11(18)9-15(13)17/h2-7,9,14H,8H2,1H3. The van der Waals surface area contributed by atoms with Gasteiger partial charge in [0, 0.05) is 14.3 Å². The Kier molecular flexibility index (Phi) is 5.31. The van der Waals surface area contributed by atoms with Crippen LogP contribution in [0.25, 0.3) is 0 Å².